The number of hydrogen-bond acceptors (Lipinski definition) is 4. The number of amides is 1. The number of anilines is 1. The van der Waals surface area contributed by atoms with E-state index in [1.807, 2.05) is 6.92 Å². The molecule has 0 aliphatic rings. The summed E-state index contributed by atoms with van der Waals surface area (Å²) >= 11 is 0. The minimum absolute atomic E-state index is 0.00487. The molecule has 7 heteroatoms. The van der Waals surface area contributed by atoms with Crippen LogP contribution in [0.2, 0.25) is 0 Å². The van der Waals surface area contributed by atoms with E-state index in [0.717, 1.165) is 0 Å². The number of hydrogen-bond donors (Lipinski definition) is 2. The van der Waals surface area contributed by atoms with Gasteiger partial charge in [-0.2, -0.15) is 5.26 Å². The molecule has 0 bridgehead atoms. The molecule has 0 aliphatic carbocycles. The van der Waals surface area contributed by atoms with Crippen molar-refractivity contribution in [2.75, 3.05) is 11.9 Å². The van der Waals surface area contributed by atoms with Gasteiger partial charge in [0, 0.05) is 6.54 Å². The maximum atomic E-state index is 12.0. The van der Waals surface area contributed by atoms with Crippen LogP contribution in [0.1, 0.15) is 19.8 Å². The Labute approximate surface area is 112 Å². The monoisotopic (exact) mass is 281 g/mol. The van der Waals surface area contributed by atoms with Crippen molar-refractivity contribution < 1.29 is 13.2 Å². The summed E-state index contributed by atoms with van der Waals surface area (Å²) in [6.07, 6.45) is 0.346. The minimum Gasteiger partial charge on any atom is -0.324 e. The summed E-state index contributed by atoms with van der Waals surface area (Å²) in [4.78, 5) is 11.4. The lowest BCUT2D eigenvalue weighted by atomic mass is 10.3. The summed E-state index contributed by atoms with van der Waals surface area (Å²) in [6, 6.07) is 7.77. The van der Waals surface area contributed by atoms with E-state index in [2.05, 4.69) is 10.0 Å². The summed E-state index contributed by atoms with van der Waals surface area (Å²) in [5.74, 6) is -0.541. The number of para-hydroxylation sites is 1. The molecule has 0 unspecified atom stereocenters. The summed E-state index contributed by atoms with van der Waals surface area (Å²) in [5, 5.41) is 10.8. The smallest absolute Gasteiger partial charge is 0.242 e. The van der Waals surface area contributed by atoms with Gasteiger partial charge in [0.25, 0.3) is 0 Å². The van der Waals surface area contributed by atoms with E-state index in [1.54, 1.807) is 18.2 Å². The average Bonchev–Trinajstić information content (AvgIpc) is 2.37. The zero-order valence-corrected chi connectivity index (χ0v) is 11.3. The Kier molecular flexibility index (Phi) is 5.48. The van der Waals surface area contributed by atoms with E-state index in [1.165, 1.54) is 12.1 Å². The lowest BCUT2D eigenvalue weighted by Gasteiger charge is -2.11. The van der Waals surface area contributed by atoms with E-state index < -0.39 is 15.9 Å². The summed E-state index contributed by atoms with van der Waals surface area (Å²) in [7, 11) is -3.66. The zero-order chi connectivity index (χ0) is 14.3. The molecule has 0 heterocycles. The van der Waals surface area contributed by atoms with Gasteiger partial charge >= 0.3 is 0 Å². The van der Waals surface area contributed by atoms with Crippen LogP contribution < -0.4 is 10.0 Å². The van der Waals surface area contributed by atoms with Gasteiger partial charge in [-0.25, -0.2) is 13.1 Å². The van der Waals surface area contributed by atoms with Gasteiger partial charge < -0.3 is 5.32 Å². The molecule has 1 aromatic rings. The van der Waals surface area contributed by atoms with Crippen molar-refractivity contribution in [3.8, 4) is 6.07 Å². The lowest BCUT2D eigenvalue weighted by molar-refractivity contribution is -0.115. The van der Waals surface area contributed by atoms with Crippen molar-refractivity contribution >= 4 is 21.6 Å². The Hall–Kier alpha value is -1.91. The number of nitriles is 1. The molecular weight excluding hydrogens is 266 g/mol. The van der Waals surface area contributed by atoms with Gasteiger partial charge in [0.05, 0.1) is 11.8 Å². The van der Waals surface area contributed by atoms with Crippen LogP contribution in [0.3, 0.4) is 0 Å². The fraction of sp³-hybridized carbons (Fsp3) is 0.333. The molecular formula is C12H15N3O3S. The maximum Gasteiger partial charge on any atom is 0.242 e. The SMILES string of the molecule is CCCNS(=O)(=O)c1ccccc1NC(=O)CC#N. The number of nitrogens with one attached hydrogen (secondary N) is 2. The molecule has 0 aromatic heterocycles. The Bertz CT molecular complexity index is 590. The van der Waals surface area contributed by atoms with Crippen LogP contribution in [-0.4, -0.2) is 20.9 Å². The fourth-order valence-electron chi connectivity index (χ4n) is 1.38. The molecule has 1 aromatic carbocycles. The summed E-state index contributed by atoms with van der Waals surface area (Å²) in [6.45, 7) is 2.17. The Morgan fingerprint density at radius 2 is 2.05 bits per heavy atom. The van der Waals surface area contributed by atoms with Gasteiger partial charge in [0.2, 0.25) is 15.9 Å². The van der Waals surface area contributed by atoms with Gasteiger partial charge in [-0.15, -0.1) is 0 Å². The van der Waals surface area contributed by atoms with Gasteiger partial charge in [0.15, 0.2) is 0 Å². The molecule has 19 heavy (non-hydrogen) atoms. The zero-order valence-electron chi connectivity index (χ0n) is 10.5. The highest BCUT2D eigenvalue weighted by atomic mass is 32.2. The molecule has 0 radical (unpaired) electrons. The number of rotatable bonds is 6. The quantitative estimate of drug-likeness (QED) is 0.819. The third-order valence-electron chi connectivity index (χ3n) is 2.23. The third-order valence-corrected chi connectivity index (χ3v) is 3.75. The predicted molar refractivity (Wildman–Crippen MR) is 70.8 cm³/mol. The second kappa shape index (κ2) is 6.87. The summed E-state index contributed by atoms with van der Waals surface area (Å²) < 4.78 is 26.5. The first-order valence-electron chi connectivity index (χ1n) is 5.76. The van der Waals surface area contributed by atoms with Crippen molar-refractivity contribution in [2.45, 2.75) is 24.7 Å². The third kappa shape index (κ3) is 4.35. The first-order valence-corrected chi connectivity index (χ1v) is 7.25. The van der Waals surface area contributed by atoms with Gasteiger partial charge in [-0.3, -0.25) is 4.79 Å². The van der Waals surface area contributed by atoms with E-state index >= 15 is 0 Å². The first kappa shape index (κ1) is 15.1. The van der Waals surface area contributed by atoms with Crippen molar-refractivity contribution in [2.24, 2.45) is 0 Å². The number of carbonyl (C=O) groups excluding carboxylic acids is 1. The fourth-order valence-corrected chi connectivity index (χ4v) is 2.68. The Balaban J connectivity index is 3.02. The van der Waals surface area contributed by atoms with Gasteiger partial charge in [0.1, 0.15) is 11.3 Å². The second-order valence-corrected chi connectivity index (χ2v) is 5.51. The standard InChI is InChI=1S/C12H15N3O3S/c1-2-9-14-19(17,18)11-6-4-3-5-10(11)15-12(16)7-8-13/h3-6,14H,2,7,9H2,1H3,(H,15,16). The Morgan fingerprint density at radius 1 is 1.37 bits per heavy atom. The molecule has 1 amide bonds. The second-order valence-electron chi connectivity index (χ2n) is 3.78. The van der Waals surface area contributed by atoms with E-state index in [4.69, 9.17) is 5.26 Å². The molecule has 0 spiro atoms. The predicted octanol–water partition coefficient (Wildman–Crippen LogP) is 1.23. The van der Waals surface area contributed by atoms with Gasteiger partial charge in [-0.05, 0) is 18.6 Å². The normalized spacial score (nSPS) is 10.7. The summed E-state index contributed by atoms with van der Waals surface area (Å²) in [5.41, 5.74) is 0.173. The van der Waals surface area contributed by atoms with Crippen molar-refractivity contribution in [3.05, 3.63) is 24.3 Å². The van der Waals surface area contributed by atoms with Crippen LogP contribution in [0.15, 0.2) is 29.2 Å². The van der Waals surface area contributed by atoms with Crippen molar-refractivity contribution in [1.29, 1.82) is 5.26 Å². The van der Waals surface area contributed by atoms with Gasteiger partial charge in [-0.1, -0.05) is 19.1 Å². The first-order chi connectivity index (χ1) is 9.01. The van der Waals surface area contributed by atoms with Crippen LogP contribution in [0.25, 0.3) is 0 Å². The number of nitrogens with zero attached hydrogens (tertiary/aromatic N) is 1. The van der Waals surface area contributed by atoms with Crippen LogP contribution in [0.5, 0.6) is 0 Å². The molecule has 6 nitrogen and oxygen atoms in total. The lowest BCUT2D eigenvalue weighted by Crippen LogP contribution is -2.26. The maximum absolute atomic E-state index is 12.0. The molecule has 1 rings (SSSR count). The number of benzene rings is 1. The number of carbonyl (C=O) groups is 1. The molecule has 0 fully saturated rings. The average molecular weight is 281 g/mol. The van der Waals surface area contributed by atoms with Crippen LogP contribution in [0, 0.1) is 11.3 Å². The highest BCUT2D eigenvalue weighted by molar-refractivity contribution is 7.89. The Morgan fingerprint density at radius 3 is 2.68 bits per heavy atom. The molecule has 0 atom stereocenters. The largest absolute Gasteiger partial charge is 0.324 e. The van der Waals surface area contributed by atoms with Crippen LogP contribution in [0.4, 0.5) is 5.69 Å². The molecule has 0 aliphatic heterocycles. The van der Waals surface area contributed by atoms with E-state index in [0.29, 0.717) is 13.0 Å². The molecule has 0 saturated heterocycles. The molecule has 2 N–H and O–H groups in total. The van der Waals surface area contributed by atoms with E-state index in [9.17, 15) is 13.2 Å². The molecule has 102 valence electrons. The minimum atomic E-state index is -3.66. The number of sulfonamides is 1. The molecule has 0 saturated carbocycles. The van der Waals surface area contributed by atoms with Crippen molar-refractivity contribution in [1.82, 2.24) is 4.72 Å². The van der Waals surface area contributed by atoms with Crippen molar-refractivity contribution in [3.63, 3.8) is 0 Å². The highest BCUT2D eigenvalue weighted by Crippen LogP contribution is 2.20. The van der Waals surface area contributed by atoms with Crippen LogP contribution in [-0.2, 0) is 14.8 Å². The highest BCUT2D eigenvalue weighted by Gasteiger charge is 2.18. The van der Waals surface area contributed by atoms with E-state index in [-0.39, 0.29) is 17.0 Å². The van der Waals surface area contributed by atoms with Crippen LogP contribution >= 0.6 is 0 Å². The topological polar surface area (TPSA) is 99.1 Å².